The number of nitrogens with zero attached hydrogens (tertiary/aromatic N) is 4. The van der Waals surface area contributed by atoms with Crippen LogP contribution in [0.2, 0.25) is 0 Å². The number of sulfonamides is 1. The summed E-state index contributed by atoms with van der Waals surface area (Å²) in [4.78, 5) is 22.8. The molecule has 2 fully saturated rings. The molecule has 1 saturated heterocycles. The molecule has 3 aliphatic rings. The van der Waals surface area contributed by atoms with Gasteiger partial charge in [-0.2, -0.15) is 13.2 Å². The van der Waals surface area contributed by atoms with Gasteiger partial charge in [0.2, 0.25) is 10.0 Å². The third-order valence-electron chi connectivity index (χ3n) is 9.99. The van der Waals surface area contributed by atoms with Crippen molar-refractivity contribution in [1.82, 2.24) is 19.8 Å². The highest BCUT2D eigenvalue weighted by molar-refractivity contribution is 7.89. The van der Waals surface area contributed by atoms with Crippen molar-refractivity contribution >= 4 is 38.1 Å². The first kappa shape index (κ1) is 31.3. The first-order chi connectivity index (χ1) is 22.1. The van der Waals surface area contributed by atoms with Crippen LogP contribution in [0.5, 0.6) is 0 Å². The number of benzene rings is 1. The molecule has 47 heavy (non-hydrogen) atoms. The molecule has 13 heteroatoms. The van der Waals surface area contributed by atoms with Gasteiger partial charge >= 0.3 is 6.18 Å². The van der Waals surface area contributed by atoms with Crippen LogP contribution in [0.4, 0.5) is 18.9 Å². The van der Waals surface area contributed by atoms with E-state index in [0.717, 1.165) is 72.1 Å². The van der Waals surface area contributed by atoms with Gasteiger partial charge in [-0.3, -0.25) is 9.78 Å². The maximum absolute atomic E-state index is 14.2. The first-order valence-electron chi connectivity index (χ1n) is 15.6. The Kier molecular flexibility index (Phi) is 7.27. The standard InChI is InChI=1S/C34H34F3N5O4S/c1-18-16-38-17-19(2)28(18)30-29(31(46-40-30)21-5-6-21)24-15-33(20(24)3)9-11-42(12-10-33)22-7-8-26-23(13-22)25(34(35,36)37)14-27(39-26)32(43)41-47(4,44)45/h7-8,13-14,16-17,21H,5-6,9-12,15H2,1-4H3,(H,41,43). The van der Waals surface area contributed by atoms with Crippen LogP contribution in [-0.2, 0) is 16.2 Å². The maximum Gasteiger partial charge on any atom is 0.417 e. The number of piperidine rings is 1. The van der Waals surface area contributed by atoms with E-state index in [1.54, 1.807) is 10.8 Å². The summed E-state index contributed by atoms with van der Waals surface area (Å²) in [7, 11) is -3.98. The van der Waals surface area contributed by atoms with E-state index in [1.807, 2.05) is 26.2 Å². The molecule has 0 unspecified atom stereocenters. The van der Waals surface area contributed by atoms with E-state index in [0.29, 0.717) is 30.8 Å². The number of hydrogen-bond acceptors (Lipinski definition) is 8. The number of amides is 1. The second-order valence-electron chi connectivity index (χ2n) is 13.2. The average molecular weight is 666 g/mol. The van der Waals surface area contributed by atoms with E-state index in [4.69, 9.17) is 4.52 Å². The van der Waals surface area contributed by atoms with Crippen LogP contribution in [-0.4, -0.2) is 48.8 Å². The van der Waals surface area contributed by atoms with Crippen molar-refractivity contribution < 1.29 is 30.9 Å². The lowest BCUT2D eigenvalue weighted by atomic mass is 9.58. The summed E-state index contributed by atoms with van der Waals surface area (Å²) in [6, 6.07) is 5.21. The number of hydrogen-bond donors (Lipinski definition) is 1. The summed E-state index contributed by atoms with van der Waals surface area (Å²) < 4.78 is 73.2. The molecule has 3 aromatic heterocycles. The Morgan fingerprint density at radius 3 is 2.32 bits per heavy atom. The van der Waals surface area contributed by atoms with Crippen molar-refractivity contribution in [3.05, 3.63) is 75.9 Å². The van der Waals surface area contributed by atoms with Crippen molar-refractivity contribution in [2.24, 2.45) is 5.41 Å². The summed E-state index contributed by atoms with van der Waals surface area (Å²) in [5.41, 5.74) is 6.71. The minimum absolute atomic E-state index is 0.000931. The van der Waals surface area contributed by atoms with Crippen molar-refractivity contribution in [1.29, 1.82) is 0 Å². The molecule has 1 aromatic carbocycles. The molecular weight excluding hydrogens is 631 g/mol. The summed E-state index contributed by atoms with van der Waals surface area (Å²) in [5, 5.41) is 4.44. The average Bonchev–Trinajstić information content (AvgIpc) is 3.77. The molecule has 1 spiro atoms. The van der Waals surface area contributed by atoms with E-state index < -0.39 is 33.4 Å². The van der Waals surface area contributed by atoms with Gasteiger partial charge in [0.15, 0.2) is 0 Å². The molecule has 7 rings (SSSR count). The van der Waals surface area contributed by atoms with Gasteiger partial charge in [0, 0.05) is 53.6 Å². The summed E-state index contributed by atoms with van der Waals surface area (Å²) in [6.07, 6.45) is 4.44. The summed E-state index contributed by atoms with van der Waals surface area (Å²) in [5.74, 6) is 0.142. The number of nitrogens with one attached hydrogen (secondary N) is 1. The molecule has 1 aliphatic heterocycles. The Balaban J connectivity index is 1.16. The van der Waals surface area contributed by atoms with Crippen molar-refractivity contribution in [2.75, 3.05) is 24.2 Å². The summed E-state index contributed by atoms with van der Waals surface area (Å²) in [6.45, 7) is 7.60. The zero-order valence-electron chi connectivity index (χ0n) is 26.5. The molecule has 0 atom stereocenters. The minimum atomic E-state index is -4.79. The number of aromatic nitrogens is 3. The highest BCUT2D eigenvalue weighted by atomic mass is 32.2. The van der Waals surface area contributed by atoms with Gasteiger partial charge < -0.3 is 9.42 Å². The van der Waals surface area contributed by atoms with Crippen LogP contribution in [0.3, 0.4) is 0 Å². The number of pyridine rings is 2. The summed E-state index contributed by atoms with van der Waals surface area (Å²) >= 11 is 0. The SMILES string of the molecule is CC1=C(c2c(-c3c(C)cncc3C)noc2C2CC2)CC12CCN(c1ccc3nc(C(=O)NS(C)(=O)=O)cc(C(F)(F)F)c3c1)CC2. The third-order valence-corrected chi connectivity index (χ3v) is 10.5. The lowest BCUT2D eigenvalue weighted by molar-refractivity contribution is -0.136. The van der Waals surface area contributed by atoms with E-state index >= 15 is 0 Å². The number of aryl methyl sites for hydroxylation is 2. The Hall–Kier alpha value is -4.26. The molecule has 4 aromatic rings. The van der Waals surface area contributed by atoms with Crippen LogP contribution in [0.25, 0.3) is 27.7 Å². The third kappa shape index (κ3) is 5.57. The largest absolute Gasteiger partial charge is 0.417 e. The van der Waals surface area contributed by atoms with Crippen molar-refractivity contribution in [2.45, 2.75) is 65.0 Å². The highest BCUT2D eigenvalue weighted by Gasteiger charge is 2.48. The fraction of sp³-hybridized carbons (Fsp3) is 0.412. The lowest BCUT2D eigenvalue weighted by Gasteiger charge is -2.50. The molecule has 0 bridgehead atoms. The molecule has 1 amide bonds. The molecular formula is C34H34F3N5O4S. The number of fused-ring (bicyclic) bond motifs is 1. The second kappa shape index (κ2) is 10.9. The fourth-order valence-electron chi connectivity index (χ4n) is 7.28. The van der Waals surface area contributed by atoms with Gasteiger partial charge in [-0.1, -0.05) is 10.7 Å². The molecule has 246 valence electrons. The van der Waals surface area contributed by atoms with Crippen LogP contribution in [0.15, 0.2) is 46.8 Å². The molecule has 4 heterocycles. The maximum atomic E-state index is 14.2. The minimum Gasteiger partial charge on any atom is -0.371 e. The normalized spacial score (nSPS) is 18.1. The zero-order chi connectivity index (χ0) is 33.5. The fourth-order valence-corrected chi connectivity index (χ4v) is 7.72. The van der Waals surface area contributed by atoms with Crippen LogP contribution in [0.1, 0.15) is 83.4 Å². The number of alkyl halides is 3. The smallest absolute Gasteiger partial charge is 0.371 e. The topological polar surface area (TPSA) is 118 Å². The predicted molar refractivity (Wildman–Crippen MR) is 171 cm³/mol. The molecule has 1 N–H and O–H groups in total. The Morgan fingerprint density at radius 1 is 1.04 bits per heavy atom. The van der Waals surface area contributed by atoms with Gasteiger partial charge in [0.05, 0.1) is 17.3 Å². The van der Waals surface area contributed by atoms with E-state index in [1.165, 1.54) is 23.3 Å². The van der Waals surface area contributed by atoms with E-state index in [-0.39, 0.29) is 16.3 Å². The van der Waals surface area contributed by atoms with Gasteiger partial charge in [-0.25, -0.2) is 18.1 Å². The molecule has 0 radical (unpaired) electrons. The number of carbonyl (C=O) groups excluding carboxylic acids is 1. The van der Waals surface area contributed by atoms with Gasteiger partial charge in [0.25, 0.3) is 5.91 Å². The first-order valence-corrected chi connectivity index (χ1v) is 17.5. The molecule has 9 nitrogen and oxygen atoms in total. The Labute approximate surface area is 270 Å². The Bertz CT molecular complexity index is 2070. The molecule has 1 saturated carbocycles. The van der Waals surface area contributed by atoms with E-state index in [9.17, 15) is 26.4 Å². The van der Waals surface area contributed by atoms with Crippen LogP contribution >= 0.6 is 0 Å². The zero-order valence-corrected chi connectivity index (χ0v) is 27.3. The van der Waals surface area contributed by atoms with Crippen LogP contribution < -0.4 is 9.62 Å². The second-order valence-corrected chi connectivity index (χ2v) is 14.9. The lowest BCUT2D eigenvalue weighted by Crippen LogP contribution is -2.44. The van der Waals surface area contributed by atoms with Gasteiger partial charge in [-0.15, -0.1) is 0 Å². The quantitative estimate of drug-likeness (QED) is 0.235. The van der Waals surface area contributed by atoms with Gasteiger partial charge in [-0.05, 0) is 99.3 Å². The number of halogens is 3. The Morgan fingerprint density at radius 2 is 1.72 bits per heavy atom. The van der Waals surface area contributed by atoms with Crippen molar-refractivity contribution in [3.8, 4) is 11.3 Å². The number of allylic oxidation sites excluding steroid dienone is 2. The van der Waals surface area contributed by atoms with Gasteiger partial charge in [0.1, 0.15) is 17.1 Å². The number of rotatable bonds is 6. The predicted octanol–water partition coefficient (Wildman–Crippen LogP) is 6.95. The molecule has 2 aliphatic carbocycles. The monoisotopic (exact) mass is 665 g/mol. The highest BCUT2D eigenvalue weighted by Crippen LogP contribution is 2.60. The van der Waals surface area contributed by atoms with Crippen LogP contribution in [0, 0.1) is 19.3 Å². The number of anilines is 1. The number of carbonyl (C=O) groups is 1. The van der Waals surface area contributed by atoms with Crippen molar-refractivity contribution in [3.63, 3.8) is 0 Å². The van der Waals surface area contributed by atoms with E-state index in [2.05, 4.69) is 26.9 Å².